The maximum atomic E-state index is 13.7. The molecule has 7 heteroatoms. The molecule has 0 aliphatic heterocycles. The minimum absolute atomic E-state index is 0.0358. The summed E-state index contributed by atoms with van der Waals surface area (Å²) in [6.45, 7) is 0.523. The van der Waals surface area contributed by atoms with E-state index >= 15 is 0 Å². The Morgan fingerprint density at radius 3 is 2.68 bits per heavy atom. The van der Waals surface area contributed by atoms with Crippen molar-refractivity contribution in [2.75, 3.05) is 11.9 Å². The van der Waals surface area contributed by atoms with Crippen LogP contribution >= 0.6 is 0 Å². The highest BCUT2D eigenvalue weighted by Crippen LogP contribution is 2.19. The second-order valence-electron chi connectivity index (χ2n) is 6.62. The van der Waals surface area contributed by atoms with Crippen molar-refractivity contribution >= 4 is 17.5 Å². The lowest BCUT2D eigenvalue weighted by Gasteiger charge is -2.13. The summed E-state index contributed by atoms with van der Waals surface area (Å²) >= 11 is 0. The molecule has 5 nitrogen and oxygen atoms in total. The number of nitrogens with one attached hydrogen (secondary N) is 2. The van der Waals surface area contributed by atoms with Crippen molar-refractivity contribution in [2.45, 2.75) is 32.1 Å². The van der Waals surface area contributed by atoms with E-state index in [4.69, 9.17) is 0 Å². The summed E-state index contributed by atoms with van der Waals surface area (Å²) < 4.78 is 26.6. The van der Waals surface area contributed by atoms with Crippen molar-refractivity contribution < 1.29 is 18.4 Å². The summed E-state index contributed by atoms with van der Waals surface area (Å²) in [5.41, 5.74) is 1.45. The molecule has 1 aromatic carbocycles. The first-order chi connectivity index (χ1) is 13.5. The predicted octanol–water partition coefficient (Wildman–Crippen LogP) is 4.23. The second-order valence-corrected chi connectivity index (χ2v) is 6.62. The lowest BCUT2D eigenvalue weighted by Crippen LogP contribution is -2.25. The van der Waals surface area contributed by atoms with Crippen molar-refractivity contribution in [1.82, 2.24) is 10.3 Å². The molecule has 146 valence electrons. The van der Waals surface area contributed by atoms with Crippen molar-refractivity contribution in [3.05, 3.63) is 71.1 Å². The van der Waals surface area contributed by atoms with Crippen LogP contribution in [0.2, 0.25) is 0 Å². The van der Waals surface area contributed by atoms with Gasteiger partial charge in [-0.05, 0) is 56.4 Å². The van der Waals surface area contributed by atoms with Crippen LogP contribution in [0.25, 0.3) is 0 Å². The van der Waals surface area contributed by atoms with Crippen LogP contribution in [0.3, 0.4) is 0 Å². The van der Waals surface area contributed by atoms with Crippen molar-refractivity contribution in [2.24, 2.45) is 0 Å². The lowest BCUT2D eigenvalue weighted by atomic mass is 9.97. The number of pyridine rings is 1. The van der Waals surface area contributed by atoms with Crippen LogP contribution in [0.4, 0.5) is 14.5 Å². The third-order valence-electron chi connectivity index (χ3n) is 4.55. The summed E-state index contributed by atoms with van der Waals surface area (Å²) in [5.74, 6) is -2.62. The normalized spacial score (nSPS) is 13.6. The number of carbonyl (C=O) groups excluding carboxylic acids is 2. The highest BCUT2D eigenvalue weighted by Gasteiger charge is 2.14. The molecule has 0 atom stereocenters. The quantitative estimate of drug-likeness (QED) is 0.731. The zero-order valence-electron chi connectivity index (χ0n) is 15.3. The third kappa shape index (κ3) is 5.22. The van der Waals surface area contributed by atoms with Gasteiger partial charge >= 0.3 is 0 Å². The number of hydrogen-bond acceptors (Lipinski definition) is 3. The summed E-state index contributed by atoms with van der Waals surface area (Å²) in [6.07, 6.45) is 8.98. The number of rotatable bonds is 6. The average molecular weight is 385 g/mol. The van der Waals surface area contributed by atoms with E-state index in [-0.39, 0.29) is 22.9 Å². The fourth-order valence-electron chi connectivity index (χ4n) is 3.04. The van der Waals surface area contributed by atoms with Gasteiger partial charge in [-0.25, -0.2) is 8.78 Å². The molecule has 0 fully saturated rings. The molecule has 2 aromatic rings. The topological polar surface area (TPSA) is 71.1 Å². The molecule has 0 saturated carbocycles. The van der Waals surface area contributed by atoms with Gasteiger partial charge in [0.15, 0.2) is 0 Å². The van der Waals surface area contributed by atoms with E-state index in [2.05, 4.69) is 21.7 Å². The van der Waals surface area contributed by atoms with E-state index < -0.39 is 17.5 Å². The van der Waals surface area contributed by atoms with Crippen molar-refractivity contribution in [3.63, 3.8) is 0 Å². The number of nitrogens with zero attached hydrogens (tertiary/aromatic N) is 1. The molecule has 0 bridgehead atoms. The molecule has 1 aliphatic rings. The average Bonchev–Trinajstić information content (AvgIpc) is 2.71. The minimum atomic E-state index is -0.890. The Kier molecular flexibility index (Phi) is 6.47. The van der Waals surface area contributed by atoms with Crippen molar-refractivity contribution in [1.29, 1.82) is 0 Å². The van der Waals surface area contributed by atoms with Crippen LogP contribution in [0.15, 0.2) is 48.2 Å². The molecule has 1 aliphatic carbocycles. The van der Waals surface area contributed by atoms with Gasteiger partial charge in [0.05, 0.1) is 5.69 Å². The molecule has 0 radical (unpaired) electrons. The zero-order valence-corrected chi connectivity index (χ0v) is 15.3. The Morgan fingerprint density at radius 1 is 1.07 bits per heavy atom. The Balaban J connectivity index is 1.60. The van der Waals surface area contributed by atoms with Gasteiger partial charge in [-0.1, -0.05) is 11.6 Å². The van der Waals surface area contributed by atoms with Gasteiger partial charge in [0.1, 0.15) is 17.3 Å². The standard InChI is InChI=1S/C21H21F2N3O2/c22-16-6-7-18(17(23)13-16)26-21(28)19-12-15(9-11-24-19)20(27)25-10-8-14-4-2-1-3-5-14/h4,6-7,9,11-13H,1-3,5,8,10H2,(H,25,27)(H,26,28). The summed E-state index contributed by atoms with van der Waals surface area (Å²) in [5, 5.41) is 5.16. The fraction of sp³-hybridized carbons (Fsp3) is 0.286. The molecular formula is C21H21F2N3O2. The van der Waals surface area contributed by atoms with Gasteiger partial charge in [-0.15, -0.1) is 0 Å². The summed E-state index contributed by atoms with van der Waals surface area (Å²) in [7, 11) is 0. The van der Waals surface area contributed by atoms with E-state index in [0.717, 1.165) is 31.4 Å². The number of anilines is 1. The van der Waals surface area contributed by atoms with E-state index in [1.807, 2.05) is 0 Å². The predicted molar refractivity (Wildman–Crippen MR) is 102 cm³/mol. The first-order valence-electron chi connectivity index (χ1n) is 9.21. The van der Waals surface area contributed by atoms with E-state index in [1.54, 1.807) is 0 Å². The molecule has 1 heterocycles. The van der Waals surface area contributed by atoms with Gasteiger partial charge in [-0.3, -0.25) is 14.6 Å². The van der Waals surface area contributed by atoms with Gasteiger partial charge in [-0.2, -0.15) is 0 Å². The minimum Gasteiger partial charge on any atom is -0.352 e. The van der Waals surface area contributed by atoms with Gasteiger partial charge in [0.25, 0.3) is 11.8 Å². The van der Waals surface area contributed by atoms with Gasteiger partial charge in [0.2, 0.25) is 0 Å². The molecule has 28 heavy (non-hydrogen) atoms. The Morgan fingerprint density at radius 2 is 1.93 bits per heavy atom. The molecule has 0 saturated heterocycles. The Bertz CT molecular complexity index is 912. The van der Waals surface area contributed by atoms with E-state index in [1.165, 1.54) is 36.7 Å². The highest BCUT2D eigenvalue weighted by molar-refractivity contribution is 6.04. The summed E-state index contributed by atoms with van der Waals surface area (Å²) in [6, 6.07) is 5.68. The lowest BCUT2D eigenvalue weighted by molar-refractivity contribution is 0.0954. The van der Waals surface area contributed by atoms with Gasteiger partial charge in [0, 0.05) is 24.4 Å². The molecule has 0 spiro atoms. The SMILES string of the molecule is O=C(NCCC1=CCCCC1)c1ccnc(C(=O)Nc2ccc(F)cc2F)c1. The van der Waals surface area contributed by atoms with Crippen molar-refractivity contribution in [3.8, 4) is 0 Å². The fourth-order valence-corrected chi connectivity index (χ4v) is 3.04. The molecule has 0 unspecified atom stereocenters. The smallest absolute Gasteiger partial charge is 0.274 e. The second kappa shape index (κ2) is 9.21. The van der Waals surface area contributed by atoms with Crippen LogP contribution in [-0.4, -0.2) is 23.3 Å². The number of carbonyl (C=O) groups is 2. The first-order valence-corrected chi connectivity index (χ1v) is 9.21. The molecular weight excluding hydrogens is 364 g/mol. The molecule has 3 rings (SSSR count). The largest absolute Gasteiger partial charge is 0.352 e. The van der Waals surface area contributed by atoms with Crippen LogP contribution in [0, 0.1) is 11.6 Å². The molecule has 2 N–H and O–H groups in total. The van der Waals surface area contributed by atoms with Crippen LogP contribution in [-0.2, 0) is 0 Å². The third-order valence-corrected chi connectivity index (χ3v) is 4.55. The first kappa shape index (κ1) is 19.7. The Hall–Kier alpha value is -3.09. The number of benzene rings is 1. The number of hydrogen-bond donors (Lipinski definition) is 2. The molecule has 2 amide bonds. The number of halogens is 2. The molecule has 1 aromatic heterocycles. The Labute approximate surface area is 161 Å². The van der Waals surface area contributed by atoms with Gasteiger partial charge < -0.3 is 10.6 Å². The highest BCUT2D eigenvalue weighted by atomic mass is 19.1. The zero-order chi connectivity index (χ0) is 19.9. The number of allylic oxidation sites excluding steroid dienone is 1. The van der Waals surface area contributed by atoms with Crippen LogP contribution in [0.1, 0.15) is 53.0 Å². The monoisotopic (exact) mass is 385 g/mol. The van der Waals surface area contributed by atoms with E-state index in [9.17, 15) is 18.4 Å². The van der Waals surface area contributed by atoms with E-state index in [0.29, 0.717) is 12.6 Å². The summed E-state index contributed by atoms with van der Waals surface area (Å²) in [4.78, 5) is 28.5. The number of amides is 2. The maximum absolute atomic E-state index is 13.7. The van der Waals surface area contributed by atoms with Crippen LogP contribution in [0.5, 0.6) is 0 Å². The number of aromatic nitrogens is 1. The van der Waals surface area contributed by atoms with Crippen LogP contribution < -0.4 is 10.6 Å². The maximum Gasteiger partial charge on any atom is 0.274 e.